The van der Waals surface area contributed by atoms with Gasteiger partial charge in [0, 0.05) is 31.7 Å². The molecule has 0 radical (unpaired) electrons. The predicted octanol–water partition coefficient (Wildman–Crippen LogP) is 3.57. The molecule has 1 aliphatic rings. The molecular formula is C19H20F3N3O3. The predicted molar refractivity (Wildman–Crippen MR) is 96.5 cm³/mol. The lowest BCUT2D eigenvalue weighted by Gasteiger charge is -2.13. The largest absolute Gasteiger partial charge is 0.491 e. The Hall–Kier alpha value is -2.68. The minimum Gasteiger partial charge on any atom is -0.491 e. The van der Waals surface area contributed by atoms with E-state index in [0.717, 1.165) is 0 Å². The van der Waals surface area contributed by atoms with Gasteiger partial charge in [-0.05, 0) is 37.6 Å². The number of hydrogen-bond donors (Lipinski definition) is 1. The number of nitrogens with one attached hydrogen (secondary N) is 1. The van der Waals surface area contributed by atoms with Crippen LogP contribution in [0.25, 0.3) is 16.8 Å². The van der Waals surface area contributed by atoms with E-state index < -0.39 is 11.9 Å². The number of amides is 1. The highest BCUT2D eigenvalue weighted by Crippen LogP contribution is 2.35. The van der Waals surface area contributed by atoms with Gasteiger partial charge in [-0.15, -0.1) is 0 Å². The van der Waals surface area contributed by atoms with Gasteiger partial charge in [-0.1, -0.05) is 0 Å². The first-order valence-corrected chi connectivity index (χ1v) is 8.98. The van der Waals surface area contributed by atoms with Crippen LogP contribution in [-0.4, -0.2) is 42.2 Å². The normalized spacial score (nSPS) is 14.1. The van der Waals surface area contributed by atoms with Gasteiger partial charge in [-0.25, -0.2) is 9.97 Å². The van der Waals surface area contributed by atoms with Gasteiger partial charge in [0.05, 0.1) is 17.6 Å². The molecule has 150 valence electrons. The quantitative estimate of drug-likeness (QED) is 0.726. The molecule has 6 nitrogen and oxygen atoms in total. The molecule has 1 aromatic heterocycles. The fourth-order valence-electron chi connectivity index (χ4n) is 2.77. The van der Waals surface area contributed by atoms with E-state index in [-0.39, 0.29) is 28.4 Å². The summed E-state index contributed by atoms with van der Waals surface area (Å²) in [6.07, 6.45) is -1.94. The minimum absolute atomic E-state index is 0.0579. The van der Waals surface area contributed by atoms with E-state index in [4.69, 9.17) is 9.47 Å². The van der Waals surface area contributed by atoms with E-state index in [1.165, 1.54) is 18.2 Å². The number of ether oxygens (including phenoxy) is 2. The monoisotopic (exact) mass is 395 g/mol. The molecule has 1 amide bonds. The first kappa shape index (κ1) is 20.1. The Bertz CT molecular complexity index is 897. The molecule has 28 heavy (non-hydrogen) atoms. The molecule has 0 atom stereocenters. The van der Waals surface area contributed by atoms with Crippen molar-refractivity contribution in [3.05, 3.63) is 41.2 Å². The SMILES string of the molecule is CCOCCCNC(=O)c1ccc2nc(C(F)(F)F)c(C3=CCCO3)nc2c1. The van der Waals surface area contributed by atoms with Crippen LogP contribution in [-0.2, 0) is 15.7 Å². The Kier molecular flexibility index (Phi) is 6.13. The van der Waals surface area contributed by atoms with Gasteiger partial charge in [0.15, 0.2) is 5.69 Å². The van der Waals surface area contributed by atoms with E-state index in [1.807, 2.05) is 6.92 Å². The summed E-state index contributed by atoms with van der Waals surface area (Å²) in [5.41, 5.74) is -0.901. The Labute approximate surface area is 159 Å². The number of rotatable bonds is 7. The van der Waals surface area contributed by atoms with E-state index in [9.17, 15) is 18.0 Å². The first-order chi connectivity index (χ1) is 13.4. The molecule has 9 heteroatoms. The van der Waals surface area contributed by atoms with E-state index >= 15 is 0 Å². The van der Waals surface area contributed by atoms with Gasteiger partial charge in [0.2, 0.25) is 0 Å². The number of aromatic nitrogens is 2. The summed E-state index contributed by atoms with van der Waals surface area (Å²) in [5, 5.41) is 2.74. The highest BCUT2D eigenvalue weighted by atomic mass is 19.4. The summed E-state index contributed by atoms with van der Waals surface area (Å²) in [7, 11) is 0. The average molecular weight is 395 g/mol. The maximum atomic E-state index is 13.4. The standard InChI is InChI=1S/C19H20F3N3O3/c1-2-27-9-4-8-23-18(26)12-6-7-13-14(11-12)24-16(15-5-3-10-28-15)17(25-13)19(20,21)22/h5-7,11H,2-4,8-10H2,1H3,(H,23,26). The molecule has 0 spiro atoms. The van der Waals surface area contributed by atoms with E-state index in [2.05, 4.69) is 15.3 Å². The molecule has 0 fully saturated rings. The van der Waals surface area contributed by atoms with Crippen LogP contribution >= 0.6 is 0 Å². The number of hydrogen-bond acceptors (Lipinski definition) is 5. The van der Waals surface area contributed by atoms with Crippen molar-refractivity contribution in [2.75, 3.05) is 26.4 Å². The maximum absolute atomic E-state index is 13.4. The molecule has 1 aliphatic heterocycles. The summed E-state index contributed by atoms with van der Waals surface area (Å²) in [6, 6.07) is 4.22. The maximum Gasteiger partial charge on any atom is 0.435 e. The van der Waals surface area contributed by atoms with Gasteiger partial charge in [-0.2, -0.15) is 13.2 Å². The van der Waals surface area contributed by atoms with Crippen LogP contribution in [0, 0.1) is 0 Å². The molecular weight excluding hydrogens is 375 g/mol. The van der Waals surface area contributed by atoms with Crippen molar-refractivity contribution >= 4 is 22.7 Å². The lowest BCUT2D eigenvalue weighted by Crippen LogP contribution is -2.25. The van der Waals surface area contributed by atoms with Crippen LogP contribution in [0.1, 0.15) is 41.5 Å². The van der Waals surface area contributed by atoms with Crippen LogP contribution < -0.4 is 5.32 Å². The molecule has 2 heterocycles. The van der Waals surface area contributed by atoms with Gasteiger partial charge < -0.3 is 14.8 Å². The van der Waals surface area contributed by atoms with E-state index in [1.54, 1.807) is 6.08 Å². The first-order valence-electron chi connectivity index (χ1n) is 8.98. The Morgan fingerprint density at radius 1 is 1.29 bits per heavy atom. The number of nitrogens with zero attached hydrogens (tertiary/aromatic N) is 2. The number of carbonyl (C=O) groups excluding carboxylic acids is 1. The number of alkyl halides is 3. The second-order valence-corrected chi connectivity index (χ2v) is 6.13. The molecule has 0 saturated carbocycles. The van der Waals surface area contributed by atoms with Crippen molar-refractivity contribution in [1.29, 1.82) is 0 Å². The van der Waals surface area contributed by atoms with Crippen molar-refractivity contribution in [2.45, 2.75) is 25.9 Å². The summed E-state index contributed by atoms with van der Waals surface area (Å²) in [6.45, 7) is 3.77. The third kappa shape index (κ3) is 4.59. The van der Waals surface area contributed by atoms with E-state index in [0.29, 0.717) is 44.8 Å². The zero-order valence-electron chi connectivity index (χ0n) is 15.3. The molecule has 0 unspecified atom stereocenters. The Balaban J connectivity index is 1.88. The molecule has 1 aromatic carbocycles. The lowest BCUT2D eigenvalue weighted by molar-refractivity contribution is -0.141. The Morgan fingerprint density at radius 3 is 2.79 bits per heavy atom. The second kappa shape index (κ2) is 8.55. The van der Waals surface area contributed by atoms with Crippen LogP contribution in [0.4, 0.5) is 13.2 Å². The van der Waals surface area contributed by atoms with Gasteiger partial charge in [0.1, 0.15) is 11.5 Å². The van der Waals surface area contributed by atoms with Gasteiger partial charge >= 0.3 is 6.18 Å². The highest BCUT2D eigenvalue weighted by Gasteiger charge is 2.38. The van der Waals surface area contributed by atoms with Crippen LogP contribution in [0.3, 0.4) is 0 Å². The van der Waals surface area contributed by atoms with Crippen molar-refractivity contribution in [3.8, 4) is 0 Å². The third-order valence-electron chi connectivity index (χ3n) is 4.09. The summed E-state index contributed by atoms with van der Waals surface area (Å²) in [4.78, 5) is 20.1. The lowest BCUT2D eigenvalue weighted by atomic mass is 10.1. The molecule has 3 rings (SSSR count). The van der Waals surface area contributed by atoms with Crippen molar-refractivity contribution in [3.63, 3.8) is 0 Å². The summed E-state index contributed by atoms with van der Waals surface area (Å²) in [5.74, 6) is -0.273. The van der Waals surface area contributed by atoms with Crippen LogP contribution in [0.2, 0.25) is 0 Å². The Morgan fingerprint density at radius 2 is 2.11 bits per heavy atom. The zero-order chi connectivity index (χ0) is 20.1. The van der Waals surface area contributed by atoms with Crippen molar-refractivity contribution in [1.82, 2.24) is 15.3 Å². The summed E-state index contributed by atoms with van der Waals surface area (Å²) >= 11 is 0. The third-order valence-corrected chi connectivity index (χ3v) is 4.09. The smallest absolute Gasteiger partial charge is 0.435 e. The number of fused-ring (bicyclic) bond motifs is 1. The molecule has 1 N–H and O–H groups in total. The fraction of sp³-hybridized carbons (Fsp3) is 0.421. The van der Waals surface area contributed by atoms with Crippen LogP contribution in [0.15, 0.2) is 24.3 Å². The van der Waals surface area contributed by atoms with Crippen molar-refractivity contribution < 1.29 is 27.4 Å². The summed E-state index contributed by atoms with van der Waals surface area (Å²) < 4.78 is 50.7. The number of benzene rings is 1. The molecule has 0 bridgehead atoms. The second-order valence-electron chi connectivity index (χ2n) is 6.13. The highest BCUT2D eigenvalue weighted by molar-refractivity contribution is 5.97. The number of carbonyl (C=O) groups is 1. The average Bonchev–Trinajstić information content (AvgIpc) is 3.20. The van der Waals surface area contributed by atoms with Gasteiger partial charge in [-0.3, -0.25) is 4.79 Å². The molecule has 0 saturated heterocycles. The topological polar surface area (TPSA) is 73.3 Å². The minimum atomic E-state index is -4.67. The van der Waals surface area contributed by atoms with Crippen LogP contribution in [0.5, 0.6) is 0 Å². The number of halogens is 3. The fourth-order valence-corrected chi connectivity index (χ4v) is 2.77. The van der Waals surface area contributed by atoms with Crippen molar-refractivity contribution in [2.24, 2.45) is 0 Å². The molecule has 0 aliphatic carbocycles. The van der Waals surface area contributed by atoms with Gasteiger partial charge in [0.25, 0.3) is 5.91 Å². The zero-order valence-corrected chi connectivity index (χ0v) is 15.3. The molecule has 2 aromatic rings.